The summed E-state index contributed by atoms with van der Waals surface area (Å²) in [4.78, 5) is 29.0. The van der Waals surface area contributed by atoms with Crippen molar-refractivity contribution in [1.82, 2.24) is 9.80 Å². The van der Waals surface area contributed by atoms with Gasteiger partial charge in [0.1, 0.15) is 17.2 Å². The fourth-order valence-electron chi connectivity index (χ4n) is 5.88. The van der Waals surface area contributed by atoms with E-state index < -0.39 is 0 Å². The van der Waals surface area contributed by atoms with E-state index in [1.165, 1.54) is 17.2 Å². The summed E-state index contributed by atoms with van der Waals surface area (Å²) in [5.41, 5.74) is 7.22. The third-order valence-electron chi connectivity index (χ3n) is 8.44. The SMILES string of the molecule is CC(C)c1cc(C(=O)N2CCc3ccccc3C2)ccc1O.CC(C)c1cc(C(=O)N2Cc3ccccc3C2)c(O)cc1O. The van der Waals surface area contributed by atoms with Gasteiger partial charge in [-0.1, -0.05) is 76.2 Å². The number of rotatable bonds is 4. The molecule has 0 unspecified atom stereocenters. The van der Waals surface area contributed by atoms with Crippen molar-refractivity contribution in [2.45, 2.75) is 65.6 Å². The van der Waals surface area contributed by atoms with Gasteiger partial charge in [-0.15, -0.1) is 0 Å². The summed E-state index contributed by atoms with van der Waals surface area (Å²) in [6, 6.07) is 24.2. The molecule has 0 spiro atoms. The van der Waals surface area contributed by atoms with E-state index in [0.717, 1.165) is 29.7 Å². The maximum absolute atomic E-state index is 12.7. The smallest absolute Gasteiger partial charge is 0.258 e. The summed E-state index contributed by atoms with van der Waals surface area (Å²) < 4.78 is 0. The van der Waals surface area contributed by atoms with Gasteiger partial charge < -0.3 is 25.1 Å². The molecule has 2 aliphatic heterocycles. The number of fused-ring (bicyclic) bond motifs is 2. The van der Waals surface area contributed by atoms with E-state index in [1.807, 2.05) is 75.1 Å². The van der Waals surface area contributed by atoms with Gasteiger partial charge in [0, 0.05) is 37.8 Å². The molecule has 7 nitrogen and oxygen atoms in total. The number of carbonyl (C=O) groups is 2. The Hall–Kier alpha value is -4.78. The second-order valence-electron chi connectivity index (χ2n) is 12.2. The minimum atomic E-state index is -0.212. The molecule has 3 N–H and O–H groups in total. The maximum atomic E-state index is 12.7. The fourth-order valence-corrected chi connectivity index (χ4v) is 5.88. The number of hydrogen-bond donors (Lipinski definition) is 3. The standard InChI is InChI=1S/C19H21NO2.C18H19NO3/c1-13(2)17-11-15(7-8-18(17)21)19(22)20-10-9-14-5-3-4-6-16(14)12-20;1-11(2)14-7-15(17(21)8-16(14)20)18(22)19-9-12-5-3-4-6-13(12)10-19/h3-8,11,13,21H,9-10,12H2,1-2H3;3-8,11,20-21H,9-10H2,1-2H3. The second-order valence-corrected chi connectivity index (χ2v) is 12.2. The number of carbonyl (C=O) groups excluding carboxylic acids is 2. The van der Waals surface area contributed by atoms with Crippen molar-refractivity contribution in [3.63, 3.8) is 0 Å². The van der Waals surface area contributed by atoms with Crippen LogP contribution in [0.5, 0.6) is 17.2 Å². The molecule has 6 rings (SSSR count). The zero-order valence-electron chi connectivity index (χ0n) is 25.7. The monoisotopic (exact) mass is 592 g/mol. The summed E-state index contributed by atoms with van der Waals surface area (Å²) in [5, 5.41) is 29.8. The Kier molecular flexibility index (Phi) is 8.95. The molecule has 0 bridgehead atoms. The molecule has 2 aliphatic rings. The summed E-state index contributed by atoms with van der Waals surface area (Å²) in [7, 11) is 0. The molecule has 2 heterocycles. The Balaban J connectivity index is 0.000000175. The summed E-state index contributed by atoms with van der Waals surface area (Å²) in [5.74, 6) is 0.192. The average Bonchev–Trinajstić information content (AvgIpc) is 3.45. The third kappa shape index (κ3) is 6.42. The predicted octanol–water partition coefficient (Wildman–Crippen LogP) is 7.09. The number of phenols is 3. The van der Waals surface area contributed by atoms with Crippen LogP contribution in [0.25, 0.3) is 0 Å². The van der Waals surface area contributed by atoms with Gasteiger partial charge >= 0.3 is 0 Å². The number of amides is 2. The van der Waals surface area contributed by atoms with Crippen LogP contribution in [0.2, 0.25) is 0 Å². The highest BCUT2D eigenvalue weighted by atomic mass is 16.3. The fraction of sp³-hybridized carbons (Fsp3) is 0.297. The van der Waals surface area contributed by atoms with E-state index in [0.29, 0.717) is 30.8 Å². The Labute approximate surface area is 259 Å². The molecule has 228 valence electrons. The first kappa shape index (κ1) is 30.7. The Morgan fingerprint density at radius 1 is 0.591 bits per heavy atom. The summed E-state index contributed by atoms with van der Waals surface area (Å²) >= 11 is 0. The molecule has 7 heteroatoms. The van der Waals surface area contributed by atoms with Crippen LogP contribution in [0.4, 0.5) is 0 Å². The van der Waals surface area contributed by atoms with Gasteiger partial charge in [-0.3, -0.25) is 9.59 Å². The third-order valence-corrected chi connectivity index (χ3v) is 8.44. The molecule has 4 aromatic rings. The zero-order chi connectivity index (χ0) is 31.5. The lowest BCUT2D eigenvalue weighted by atomic mass is 9.97. The van der Waals surface area contributed by atoms with Crippen molar-refractivity contribution in [3.8, 4) is 17.2 Å². The Morgan fingerprint density at radius 2 is 1.11 bits per heavy atom. The molecular formula is C37H40N2O5. The van der Waals surface area contributed by atoms with Crippen molar-refractivity contribution in [2.75, 3.05) is 6.54 Å². The minimum absolute atomic E-state index is 0.0220. The molecule has 2 amide bonds. The van der Waals surface area contributed by atoms with Crippen molar-refractivity contribution >= 4 is 11.8 Å². The van der Waals surface area contributed by atoms with Gasteiger partial charge in [-0.25, -0.2) is 0 Å². The molecular weight excluding hydrogens is 552 g/mol. The van der Waals surface area contributed by atoms with Crippen LogP contribution in [0, 0.1) is 0 Å². The number of nitrogens with zero attached hydrogens (tertiary/aromatic N) is 2. The maximum Gasteiger partial charge on any atom is 0.258 e. The molecule has 0 saturated carbocycles. The normalized spacial score (nSPS) is 13.8. The Bertz CT molecular complexity index is 1670. The van der Waals surface area contributed by atoms with Crippen LogP contribution in [0.3, 0.4) is 0 Å². The first-order valence-electron chi connectivity index (χ1n) is 15.1. The largest absolute Gasteiger partial charge is 0.508 e. The Morgan fingerprint density at radius 3 is 1.70 bits per heavy atom. The highest BCUT2D eigenvalue weighted by molar-refractivity contribution is 5.97. The number of phenolic OH excluding ortho intramolecular Hbond substituents is 3. The van der Waals surface area contributed by atoms with Crippen molar-refractivity contribution in [1.29, 1.82) is 0 Å². The topological polar surface area (TPSA) is 101 Å². The van der Waals surface area contributed by atoms with Gasteiger partial charge in [0.25, 0.3) is 11.8 Å². The number of benzene rings is 4. The number of aromatic hydroxyl groups is 3. The van der Waals surface area contributed by atoms with E-state index in [2.05, 4.69) is 12.1 Å². The quantitative estimate of drug-likeness (QED) is 0.235. The molecule has 0 aliphatic carbocycles. The van der Waals surface area contributed by atoms with Crippen LogP contribution < -0.4 is 0 Å². The van der Waals surface area contributed by atoms with Crippen molar-refractivity contribution in [3.05, 3.63) is 123 Å². The molecule has 44 heavy (non-hydrogen) atoms. The first-order chi connectivity index (χ1) is 21.0. The van der Waals surface area contributed by atoms with E-state index >= 15 is 0 Å². The van der Waals surface area contributed by atoms with Gasteiger partial charge in [0.2, 0.25) is 0 Å². The van der Waals surface area contributed by atoms with Gasteiger partial charge in [-0.05, 0) is 75.9 Å². The van der Waals surface area contributed by atoms with Crippen molar-refractivity contribution in [2.24, 2.45) is 0 Å². The lowest BCUT2D eigenvalue weighted by molar-refractivity contribution is 0.0731. The van der Waals surface area contributed by atoms with Crippen LogP contribution in [-0.2, 0) is 26.1 Å². The zero-order valence-corrected chi connectivity index (χ0v) is 25.7. The molecule has 0 saturated heterocycles. The average molecular weight is 593 g/mol. The van der Waals surface area contributed by atoms with E-state index in [9.17, 15) is 24.9 Å². The van der Waals surface area contributed by atoms with Crippen molar-refractivity contribution < 1.29 is 24.9 Å². The molecule has 0 radical (unpaired) electrons. The van der Waals surface area contributed by atoms with Gasteiger partial charge in [0.15, 0.2) is 0 Å². The lowest BCUT2D eigenvalue weighted by Crippen LogP contribution is -2.35. The number of hydrogen-bond acceptors (Lipinski definition) is 5. The van der Waals surface area contributed by atoms with Gasteiger partial charge in [-0.2, -0.15) is 0 Å². The van der Waals surface area contributed by atoms with Gasteiger partial charge in [0.05, 0.1) is 5.56 Å². The van der Waals surface area contributed by atoms with Crippen LogP contribution in [-0.4, -0.2) is 43.5 Å². The van der Waals surface area contributed by atoms with Crippen LogP contribution >= 0.6 is 0 Å². The second kappa shape index (κ2) is 12.8. The highest BCUT2D eigenvalue weighted by Gasteiger charge is 2.27. The summed E-state index contributed by atoms with van der Waals surface area (Å²) in [6.07, 6.45) is 0.900. The molecule has 0 fully saturated rings. The van der Waals surface area contributed by atoms with Crippen LogP contribution in [0.15, 0.2) is 78.9 Å². The van der Waals surface area contributed by atoms with E-state index in [1.54, 1.807) is 23.1 Å². The molecule has 0 aromatic heterocycles. The van der Waals surface area contributed by atoms with E-state index in [-0.39, 0.29) is 46.5 Å². The molecule has 4 aromatic carbocycles. The molecule has 0 atom stereocenters. The lowest BCUT2D eigenvalue weighted by Gasteiger charge is -2.29. The van der Waals surface area contributed by atoms with Crippen LogP contribution in [0.1, 0.15) is 93.6 Å². The predicted molar refractivity (Wildman–Crippen MR) is 171 cm³/mol. The minimum Gasteiger partial charge on any atom is -0.508 e. The summed E-state index contributed by atoms with van der Waals surface area (Å²) in [6.45, 7) is 10.4. The first-order valence-corrected chi connectivity index (χ1v) is 15.1. The highest BCUT2D eigenvalue weighted by Crippen LogP contribution is 2.34. The van der Waals surface area contributed by atoms with E-state index in [4.69, 9.17) is 0 Å².